The highest BCUT2D eigenvalue weighted by Crippen LogP contribution is 2.47. The Bertz CT molecular complexity index is 2850. The maximum absolute atomic E-state index is 2.47. The Labute approximate surface area is 296 Å². The average molecular weight is 652 g/mol. The molecule has 0 aliphatic heterocycles. The third kappa shape index (κ3) is 4.67. The van der Waals surface area contributed by atoms with E-state index in [4.69, 9.17) is 0 Å². The summed E-state index contributed by atoms with van der Waals surface area (Å²) in [4.78, 5) is 2.47. The molecule has 0 fully saturated rings. The fraction of sp³-hybridized carbons (Fsp3) is 0. The van der Waals surface area contributed by atoms with Crippen molar-refractivity contribution < 1.29 is 0 Å². The van der Waals surface area contributed by atoms with Crippen molar-refractivity contribution in [2.45, 2.75) is 0 Å². The van der Waals surface area contributed by atoms with Crippen LogP contribution in [0.25, 0.3) is 66.1 Å². The first-order valence-electron chi connectivity index (χ1n) is 17.5. The number of para-hydroxylation sites is 5. The first kappa shape index (κ1) is 29.1. The lowest BCUT2D eigenvalue weighted by atomic mass is 10.0. The number of hydrogen-bond donors (Lipinski definition) is 0. The van der Waals surface area contributed by atoms with Crippen LogP contribution in [0, 0.1) is 0 Å². The van der Waals surface area contributed by atoms with Gasteiger partial charge in [0.1, 0.15) is 0 Å². The van der Waals surface area contributed by atoms with Crippen LogP contribution in [0.4, 0.5) is 17.1 Å². The van der Waals surface area contributed by atoms with Crippen molar-refractivity contribution in [2.24, 2.45) is 0 Å². The van der Waals surface area contributed by atoms with Gasteiger partial charge < -0.3 is 14.0 Å². The minimum atomic E-state index is 1.09. The molecule has 3 nitrogen and oxygen atoms in total. The Balaban J connectivity index is 1.32. The van der Waals surface area contributed by atoms with Crippen LogP contribution in [0.1, 0.15) is 0 Å². The molecule has 0 saturated heterocycles. The Morgan fingerprint density at radius 3 is 1.57 bits per heavy atom. The molecule has 8 aromatic carbocycles. The third-order valence-electron chi connectivity index (χ3n) is 10.1. The molecule has 2 aromatic heterocycles. The van der Waals surface area contributed by atoms with Gasteiger partial charge in [0.2, 0.25) is 0 Å². The van der Waals surface area contributed by atoms with E-state index in [1.54, 1.807) is 0 Å². The first-order valence-corrected chi connectivity index (χ1v) is 17.5. The van der Waals surface area contributed by atoms with Crippen LogP contribution in [-0.4, -0.2) is 9.13 Å². The summed E-state index contributed by atoms with van der Waals surface area (Å²) in [5.74, 6) is 0. The molecule has 0 N–H and O–H groups in total. The monoisotopic (exact) mass is 651 g/mol. The average Bonchev–Trinajstić information content (AvgIpc) is 3.72. The van der Waals surface area contributed by atoms with Gasteiger partial charge in [-0.2, -0.15) is 0 Å². The quantitative estimate of drug-likeness (QED) is 0.174. The molecule has 0 aliphatic carbocycles. The molecule has 0 spiro atoms. The Morgan fingerprint density at radius 1 is 0.333 bits per heavy atom. The third-order valence-corrected chi connectivity index (χ3v) is 10.1. The number of fused-ring (bicyclic) bond motifs is 6. The van der Waals surface area contributed by atoms with Gasteiger partial charge in [0.05, 0.1) is 33.4 Å². The van der Waals surface area contributed by atoms with Gasteiger partial charge in [-0.05, 0) is 72.3 Å². The van der Waals surface area contributed by atoms with Gasteiger partial charge in [-0.3, -0.25) is 0 Å². The van der Waals surface area contributed by atoms with E-state index in [0.29, 0.717) is 0 Å². The lowest BCUT2D eigenvalue weighted by molar-refractivity contribution is 1.17. The van der Waals surface area contributed by atoms with Crippen LogP contribution in [0.3, 0.4) is 0 Å². The highest BCUT2D eigenvalue weighted by Gasteiger charge is 2.24. The van der Waals surface area contributed by atoms with Gasteiger partial charge in [0.15, 0.2) is 0 Å². The number of hydrogen-bond acceptors (Lipinski definition) is 1. The molecular weight excluding hydrogens is 619 g/mol. The summed E-state index contributed by atoms with van der Waals surface area (Å²) in [7, 11) is 0. The van der Waals surface area contributed by atoms with Crippen LogP contribution in [0.15, 0.2) is 200 Å². The highest BCUT2D eigenvalue weighted by molar-refractivity contribution is 6.17. The number of benzene rings is 8. The van der Waals surface area contributed by atoms with E-state index < -0.39 is 0 Å². The zero-order valence-electron chi connectivity index (χ0n) is 27.9. The predicted molar refractivity (Wildman–Crippen MR) is 215 cm³/mol. The fourth-order valence-electron chi connectivity index (χ4n) is 7.93. The molecule has 51 heavy (non-hydrogen) atoms. The summed E-state index contributed by atoms with van der Waals surface area (Å²) in [5.41, 5.74) is 12.7. The van der Waals surface area contributed by atoms with E-state index >= 15 is 0 Å². The summed E-state index contributed by atoms with van der Waals surface area (Å²) < 4.78 is 4.79. The van der Waals surface area contributed by atoms with Crippen molar-refractivity contribution in [3.8, 4) is 22.5 Å². The van der Waals surface area contributed by atoms with E-state index in [2.05, 4.69) is 214 Å². The molecule has 240 valence electrons. The molecule has 0 amide bonds. The van der Waals surface area contributed by atoms with Crippen molar-refractivity contribution in [3.05, 3.63) is 200 Å². The number of aromatic nitrogens is 2. The van der Waals surface area contributed by atoms with Gasteiger partial charge in [-0.15, -0.1) is 0 Å². The smallest absolute Gasteiger partial charge is 0.0562 e. The minimum Gasteiger partial charge on any atom is -0.309 e. The highest BCUT2D eigenvalue weighted by atomic mass is 15.2. The fourth-order valence-corrected chi connectivity index (χ4v) is 7.93. The molecule has 0 saturated carbocycles. The van der Waals surface area contributed by atoms with E-state index in [1.807, 2.05) is 0 Å². The minimum absolute atomic E-state index is 1.09. The van der Waals surface area contributed by atoms with E-state index in [9.17, 15) is 0 Å². The molecule has 10 rings (SSSR count). The molecule has 0 aliphatic rings. The first-order chi connectivity index (χ1) is 25.3. The molecule has 0 bridgehead atoms. The van der Waals surface area contributed by atoms with Crippen molar-refractivity contribution in [1.29, 1.82) is 0 Å². The largest absolute Gasteiger partial charge is 0.309 e. The van der Waals surface area contributed by atoms with Gasteiger partial charge in [-0.25, -0.2) is 0 Å². The predicted octanol–water partition coefficient (Wildman–Crippen LogP) is 13.0. The van der Waals surface area contributed by atoms with Crippen molar-refractivity contribution in [2.75, 3.05) is 4.90 Å². The van der Waals surface area contributed by atoms with Gasteiger partial charge >= 0.3 is 0 Å². The van der Waals surface area contributed by atoms with Crippen LogP contribution in [-0.2, 0) is 0 Å². The van der Waals surface area contributed by atoms with Crippen LogP contribution in [0.5, 0.6) is 0 Å². The summed E-state index contributed by atoms with van der Waals surface area (Å²) >= 11 is 0. The van der Waals surface area contributed by atoms with Gasteiger partial charge in [0, 0.05) is 44.2 Å². The van der Waals surface area contributed by atoms with E-state index in [0.717, 1.165) is 28.4 Å². The maximum Gasteiger partial charge on any atom is 0.0562 e. The van der Waals surface area contributed by atoms with E-state index in [1.165, 1.54) is 54.7 Å². The SMILES string of the molecule is c1ccc(-c2ccccc2N(c2ccc3c4ccccc4n(-c4ccccc4)c3c2)c2cccc3c2c2ccccc2n3-c2ccccc2)cc1. The second-order valence-electron chi connectivity index (χ2n) is 13.0. The lowest BCUT2D eigenvalue weighted by Gasteiger charge is -2.29. The Kier molecular flexibility index (Phi) is 6.81. The Hall–Kier alpha value is -6.84. The molecular formula is C48H33N3. The molecule has 0 radical (unpaired) electrons. The van der Waals surface area contributed by atoms with Crippen LogP contribution >= 0.6 is 0 Å². The summed E-state index contributed by atoms with van der Waals surface area (Å²) in [6.45, 7) is 0. The number of anilines is 3. The molecule has 2 heterocycles. The second kappa shape index (κ2) is 11.9. The van der Waals surface area contributed by atoms with Crippen LogP contribution in [0.2, 0.25) is 0 Å². The van der Waals surface area contributed by atoms with Gasteiger partial charge in [0.25, 0.3) is 0 Å². The van der Waals surface area contributed by atoms with Crippen molar-refractivity contribution in [1.82, 2.24) is 9.13 Å². The summed E-state index contributed by atoms with van der Waals surface area (Å²) in [6, 6.07) is 72.1. The number of rotatable bonds is 6. The summed E-state index contributed by atoms with van der Waals surface area (Å²) in [5, 5.41) is 4.90. The lowest BCUT2D eigenvalue weighted by Crippen LogP contribution is -2.12. The van der Waals surface area contributed by atoms with Crippen LogP contribution < -0.4 is 4.90 Å². The van der Waals surface area contributed by atoms with Crippen molar-refractivity contribution >= 4 is 60.7 Å². The van der Waals surface area contributed by atoms with Crippen molar-refractivity contribution in [3.63, 3.8) is 0 Å². The van der Waals surface area contributed by atoms with E-state index in [-0.39, 0.29) is 0 Å². The normalized spacial score (nSPS) is 11.5. The molecule has 0 atom stereocenters. The van der Waals surface area contributed by atoms with Gasteiger partial charge in [-0.1, -0.05) is 133 Å². The maximum atomic E-state index is 2.47. The standard InChI is InChI=1S/C48H33N3/c1-4-17-34(18-5-1)38-23-10-13-26-42(38)51(37-31-32-40-39-24-11-14-27-43(39)50(47(40)33-37)36-21-8-3-9-22-36)46-30-16-29-45-48(46)41-25-12-15-28-44(41)49(45)35-19-6-2-7-20-35/h1-33H. The zero-order chi connectivity index (χ0) is 33.7. The Morgan fingerprint density at radius 2 is 0.843 bits per heavy atom. The zero-order valence-corrected chi connectivity index (χ0v) is 27.9. The molecule has 0 unspecified atom stereocenters. The topological polar surface area (TPSA) is 13.1 Å². The summed E-state index contributed by atoms with van der Waals surface area (Å²) in [6.07, 6.45) is 0. The number of nitrogens with zero attached hydrogens (tertiary/aromatic N) is 3. The molecule has 10 aromatic rings. The molecule has 3 heteroatoms. The second-order valence-corrected chi connectivity index (χ2v) is 13.0.